The van der Waals surface area contributed by atoms with Gasteiger partial charge in [0.25, 0.3) is 5.91 Å². The Hall–Kier alpha value is -2.40. The first-order valence-corrected chi connectivity index (χ1v) is 13.5. The van der Waals surface area contributed by atoms with Crippen molar-refractivity contribution in [1.82, 2.24) is 4.31 Å². The first kappa shape index (κ1) is 22.8. The van der Waals surface area contributed by atoms with Gasteiger partial charge in [0.1, 0.15) is 15.6 Å². The van der Waals surface area contributed by atoms with Gasteiger partial charge in [0.15, 0.2) is 0 Å². The van der Waals surface area contributed by atoms with Gasteiger partial charge in [-0.25, -0.2) is 12.8 Å². The van der Waals surface area contributed by atoms with Gasteiger partial charge in [-0.1, -0.05) is 18.2 Å². The number of carbonyl (C=O) groups is 1. The number of nitrogens with zero attached hydrogens (tertiary/aromatic N) is 2. The number of nitrogens with one attached hydrogen (secondary N) is 1. The monoisotopic (exact) mass is 491 g/mol. The zero-order valence-corrected chi connectivity index (χ0v) is 19.8. The van der Waals surface area contributed by atoms with Crippen molar-refractivity contribution in [3.05, 3.63) is 70.7 Å². The van der Waals surface area contributed by atoms with E-state index in [2.05, 4.69) is 5.32 Å². The van der Waals surface area contributed by atoms with Crippen molar-refractivity contribution in [2.24, 2.45) is 0 Å². The van der Waals surface area contributed by atoms with Gasteiger partial charge in [-0.2, -0.15) is 4.31 Å². The van der Waals surface area contributed by atoms with Gasteiger partial charge in [-0.05, 0) is 48.0 Å². The number of hydrogen-bond donors (Lipinski definition) is 1. The summed E-state index contributed by atoms with van der Waals surface area (Å²) in [5, 5.41) is 4.40. The van der Waals surface area contributed by atoms with Crippen molar-refractivity contribution < 1.29 is 17.6 Å². The lowest BCUT2D eigenvalue weighted by Crippen LogP contribution is -2.49. The summed E-state index contributed by atoms with van der Waals surface area (Å²) in [5.74, 6) is -0.784. The molecule has 1 saturated heterocycles. The number of hydrogen-bond acceptors (Lipinski definition) is 6. The molecule has 1 aliphatic heterocycles. The third-order valence-corrected chi connectivity index (χ3v) is 8.92. The highest BCUT2D eigenvalue weighted by Gasteiger charge is 2.33. The largest absolute Gasteiger partial charge is 0.367 e. The number of benzene rings is 2. The zero-order chi connectivity index (χ0) is 22.7. The Morgan fingerprint density at radius 1 is 1.06 bits per heavy atom. The average Bonchev–Trinajstić information content (AvgIpc) is 3.31. The molecular formula is C22H22FN3O3S3. The summed E-state index contributed by atoms with van der Waals surface area (Å²) in [6, 6.07) is 15.3. The Morgan fingerprint density at radius 3 is 2.53 bits per heavy atom. The number of rotatable bonds is 6. The van der Waals surface area contributed by atoms with Crippen molar-refractivity contribution in [2.45, 2.75) is 9.79 Å². The molecular weight excluding hydrogens is 469 g/mol. The average molecular weight is 492 g/mol. The fourth-order valence-electron chi connectivity index (χ4n) is 3.57. The van der Waals surface area contributed by atoms with Crippen LogP contribution < -0.4 is 10.2 Å². The van der Waals surface area contributed by atoms with Crippen LogP contribution in [0.1, 0.15) is 9.67 Å². The standard InChI is InChI=1S/C22H22FN3O3S3/c1-30-17-6-4-5-16(15-17)24-22(27)21-20(9-14-31-21)32(28,29)26-12-10-25(11-13-26)19-8-3-2-7-18(19)23/h2-9,14-15H,10-13H2,1H3,(H,24,27). The number of halogens is 1. The van der Waals surface area contributed by atoms with E-state index in [-0.39, 0.29) is 28.7 Å². The van der Waals surface area contributed by atoms with Gasteiger partial charge >= 0.3 is 0 Å². The second kappa shape index (κ2) is 9.62. The first-order valence-electron chi connectivity index (χ1n) is 9.92. The van der Waals surface area contributed by atoms with Crippen LogP contribution in [0, 0.1) is 5.82 Å². The van der Waals surface area contributed by atoms with Crippen molar-refractivity contribution >= 4 is 50.4 Å². The Balaban J connectivity index is 1.49. The van der Waals surface area contributed by atoms with Gasteiger partial charge in [0.05, 0.1) is 5.69 Å². The molecule has 0 atom stereocenters. The fourth-order valence-corrected chi connectivity index (χ4v) is 6.75. The molecule has 168 valence electrons. The maximum Gasteiger partial charge on any atom is 0.267 e. The van der Waals surface area contributed by atoms with Crippen LogP contribution in [0.5, 0.6) is 0 Å². The molecule has 0 unspecified atom stereocenters. The topological polar surface area (TPSA) is 69.7 Å². The van der Waals surface area contributed by atoms with Gasteiger partial charge in [-0.3, -0.25) is 4.79 Å². The van der Waals surface area contributed by atoms with Crippen molar-refractivity contribution in [1.29, 1.82) is 0 Å². The minimum Gasteiger partial charge on any atom is -0.367 e. The molecule has 1 aliphatic rings. The van der Waals surface area contributed by atoms with Crippen LogP contribution in [-0.2, 0) is 10.0 Å². The van der Waals surface area contributed by atoms with E-state index in [1.807, 2.05) is 29.4 Å². The summed E-state index contributed by atoms with van der Waals surface area (Å²) in [6.07, 6.45) is 1.94. The van der Waals surface area contributed by atoms with Crippen molar-refractivity contribution in [2.75, 3.05) is 42.7 Å². The molecule has 0 spiro atoms. The lowest BCUT2D eigenvalue weighted by atomic mass is 10.2. The second-order valence-electron chi connectivity index (χ2n) is 7.14. The molecule has 2 aromatic carbocycles. The summed E-state index contributed by atoms with van der Waals surface area (Å²) < 4.78 is 42.0. The molecule has 32 heavy (non-hydrogen) atoms. The van der Waals surface area contributed by atoms with Crippen LogP contribution in [0.4, 0.5) is 15.8 Å². The van der Waals surface area contributed by atoms with Crippen LogP contribution in [0.25, 0.3) is 0 Å². The Morgan fingerprint density at radius 2 is 1.81 bits per heavy atom. The van der Waals surface area contributed by atoms with E-state index in [9.17, 15) is 17.6 Å². The highest BCUT2D eigenvalue weighted by atomic mass is 32.2. The molecule has 0 aliphatic carbocycles. The van der Waals surface area contributed by atoms with Crippen LogP contribution in [0.3, 0.4) is 0 Å². The summed E-state index contributed by atoms with van der Waals surface area (Å²) in [5.41, 5.74) is 1.07. The molecule has 10 heteroatoms. The third-order valence-electron chi connectivity index (χ3n) is 5.21. The van der Waals surface area contributed by atoms with E-state index in [1.54, 1.807) is 41.4 Å². The van der Waals surface area contributed by atoms with Crippen LogP contribution in [0.15, 0.2) is 69.8 Å². The molecule has 1 amide bonds. The van der Waals surface area contributed by atoms with Crippen molar-refractivity contribution in [3.63, 3.8) is 0 Å². The fraction of sp³-hybridized carbons (Fsp3) is 0.227. The molecule has 1 fully saturated rings. The number of thiophene rings is 1. The lowest BCUT2D eigenvalue weighted by Gasteiger charge is -2.35. The third kappa shape index (κ3) is 4.68. The lowest BCUT2D eigenvalue weighted by molar-refractivity contribution is 0.102. The number of anilines is 2. The normalized spacial score (nSPS) is 15.0. The molecule has 6 nitrogen and oxygen atoms in total. The summed E-state index contributed by atoms with van der Waals surface area (Å²) in [4.78, 5) is 15.8. The van der Waals surface area contributed by atoms with Crippen molar-refractivity contribution in [3.8, 4) is 0 Å². The second-order valence-corrected chi connectivity index (χ2v) is 10.8. The predicted octanol–water partition coefficient (Wildman–Crippen LogP) is 4.37. The van der Waals surface area contributed by atoms with E-state index in [1.165, 1.54) is 16.4 Å². The molecule has 0 bridgehead atoms. The molecule has 4 rings (SSSR count). The van der Waals surface area contributed by atoms with Crippen LogP contribution in [-0.4, -0.2) is 51.1 Å². The molecule has 1 aromatic heterocycles. The van der Waals surface area contributed by atoms with Gasteiger partial charge in [0, 0.05) is 36.8 Å². The van der Waals surface area contributed by atoms with Gasteiger partial charge < -0.3 is 10.2 Å². The minimum atomic E-state index is -3.86. The molecule has 2 heterocycles. The highest BCUT2D eigenvalue weighted by molar-refractivity contribution is 7.98. The smallest absolute Gasteiger partial charge is 0.267 e. The Kier molecular flexibility index (Phi) is 6.85. The van der Waals surface area contributed by atoms with E-state index in [4.69, 9.17) is 0 Å². The summed E-state index contributed by atoms with van der Waals surface area (Å²) in [6.45, 7) is 1.16. The number of sulfonamides is 1. The van der Waals surface area contributed by atoms with Gasteiger partial charge in [0.2, 0.25) is 10.0 Å². The predicted molar refractivity (Wildman–Crippen MR) is 128 cm³/mol. The number of amides is 1. The summed E-state index contributed by atoms with van der Waals surface area (Å²) >= 11 is 2.65. The van der Waals surface area contributed by atoms with E-state index < -0.39 is 15.9 Å². The molecule has 3 aromatic rings. The van der Waals surface area contributed by atoms with Crippen LogP contribution >= 0.6 is 23.1 Å². The maximum atomic E-state index is 14.1. The SMILES string of the molecule is CSc1cccc(NC(=O)c2sccc2S(=O)(=O)N2CCN(c3ccccc3F)CC2)c1. The van der Waals surface area contributed by atoms with E-state index >= 15 is 0 Å². The summed E-state index contributed by atoms with van der Waals surface area (Å²) in [7, 11) is -3.86. The highest BCUT2D eigenvalue weighted by Crippen LogP contribution is 2.29. The Bertz CT molecular complexity index is 1220. The van der Waals surface area contributed by atoms with E-state index in [0.717, 1.165) is 16.2 Å². The minimum absolute atomic E-state index is 0.000336. The van der Waals surface area contributed by atoms with Crippen LogP contribution in [0.2, 0.25) is 0 Å². The first-order chi connectivity index (χ1) is 15.4. The molecule has 1 N–H and O–H groups in total. The molecule has 0 radical (unpaired) electrons. The molecule has 0 saturated carbocycles. The quantitative estimate of drug-likeness (QED) is 0.519. The number of piperazine rings is 1. The van der Waals surface area contributed by atoms with Gasteiger partial charge in [-0.15, -0.1) is 23.1 Å². The zero-order valence-electron chi connectivity index (χ0n) is 17.3. The number of para-hydroxylation sites is 1. The Labute approximate surface area is 195 Å². The van der Waals surface area contributed by atoms with E-state index in [0.29, 0.717) is 24.5 Å². The number of carbonyl (C=O) groups excluding carboxylic acids is 1. The maximum absolute atomic E-state index is 14.1. The number of thioether (sulfide) groups is 1.